The zero-order valence-corrected chi connectivity index (χ0v) is 18.0. The molecule has 1 fully saturated rings. The predicted octanol–water partition coefficient (Wildman–Crippen LogP) is 3.49. The summed E-state index contributed by atoms with van der Waals surface area (Å²) in [5.74, 6) is 1.52. The van der Waals surface area contributed by atoms with Crippen molar-refractivity contribution in [2.24, 2.45) is 0 Å². The van der Waals surface area contributed by atoms with Crippen molar-refractivity contribution in [3.63, 3.8) is 0 Å². The van der Waals surface area contributed by atoms with Crippen molar-refractivity contribution in [1.82, 2.24) is 19.1 Å². The van der Waals surface area contributed by atoms with Gasteiger partial charge in [-0.25, -0.2) is 0 Å². The number of aromatic nitrogens is 3. The van der Waals surface area contributed by atoms with Crippen LogP contribution in [0.3, 0.4) is 0 Å². The Morgan fingerprint density at radius 1 is 1.17 bits per heavy atom. The highest BCUT2D eigenvalue weighted by molar-refractivity contribution is 7.83. The van der Waals surface area contributed by atoms with Gasteiger partial charge in [0.25, 0.3) is 0 Å². The third-order valence-corrected chi connectivity index (χ3v) is 6.68. The van der Waals surface area contributed by atoms with Gasteiger partial charge >= 0.3 is 10.3 Å². The van der Waals surface area contributed by atoms with Gasteiger partial charge in [-0.1, -0.05) is 11.6 Å². The molecule has 1 saturated carbocycles. The predicted molar refractivity (Wildman–Crippen MR) is 108 cm³/mol. The standard InChI is InChI=1S/C19H25ClN4O4S/c1-12(2)28-16-6-3-13(4-7-16)19-22-21-18-11-23(29(25,26)27)10-14-9-15(20)5-8-17(14)24(18)19/h5,8-9,12-13,16H,3-4,6-7,10-11H2,1-2H3,(H,25,26,27). The van der Waals surface area contributed by atoms with E-state index in [1.807, 2.05) is 24.5 Å². The van der Waals surface area contributed by atoms with Gasteiger partial charge in [0.2, 0.25) is 0 Å². The van der Waals surface area contributed by atoms with Crippen molar-refractivity contribution in [3.05, 3.63) is 40.4 Å². The van der Waals surface area contributed by atoms with Gasteiger partial charge in [0.05, 0.1) is 24.4 Å². The zero-order valence-electron chi connectivity index (χ0n) is 16.5. The highest BCUT2D eigenvalue weighted by atomic mass is 35.5. The van der Waals surface area contributed by atoms with Crippen molar-refractivity contribution < 1.29 is 17.7 Å². The monoisotopic (exact) mass is 440 g/mol. The van der Waals surface area contributed by atoms with Crippen LogP contribution in [0.25, 0.3) is 5.69 Å². The molecule has 0 unspecified atom stereocenters. The van der Waals surface area contributed by atoms with E-state index < -0.39 is 10.3 Å². The van der Waals surface area contributed by atoms with E-state index in [0.717, 1.165) is 41.5 Å². The fourth-order valence-corrected chi connectivity index (χ4v) is 5.04. The summed E-state index contributed by atoms with van der Waals surface area (Å²) in [4.78, 5) is 0. The molecule has 0 amide bonds. The molecule has 2 aromatic rings. The number of ether oxygens (including phenoxy) is 1. The van der Waals surface area contributed by atoms with Crippen LogP contribution in [0.1, 0.15) is 62.7 Å². The second-order valence-corrected chi connectivity index (χ2v) is 9.84. The van der Waals surface area contributed by atoms with Gasteiger partial charge < -0.3 is 4.74 Å². The van der Waals surface area contributed by atoms with Crippen LogP contribution in [-0.4, -0.2) is 44.2 Å². The third-order valence-electron chi connectivity index (χ3n) is 5.53. The molecule has 1 aromatic carbocycles. The largest absolute Gasteiger partial charge is 0.376 e. The average Bonchev–Trinajstić information content (AvgIpc) is 2.97. The lowest BCUT2D eigenvalue weighted by molar-refractivity contribution is -0.0151. The van der Waals surface area contributed by atoms with E-state index in [2.05, 4.69) is 10.2 Å². The Morgan fingerprint density at radius 3 is 2.55 bits per heavy atom. The number of fused-ring (bicyclic) bond motifs is 3. The van der Waals surface area contributed by atoms with E-state index in [4.69, 9.17) is 16.3 Å². The molecule has 1 N–H and O–H groups in total. The highest BCUT2D eigenvalue weighted by Gasteiger charge is 2.33. The molecule has 0 bridgehead atoms. The molecule has 10 heteroatoms. The maximum absolute atomic E-state index is 11.9. The number of nitrogens with zero attached hydrogens (tertiary/aromatic N) is 4. The van der Waals surface area contributed by atoms with Crippen LogP contribution in [0.15, 0.2) is 18.2 Å². The number of hydrogen-bond donors (Lipinski definition) is 1. The molecule has 29 heavy (non-hydrogen) atoms. The van der Waals surface area contributed by atoms with Crippen molar-refractivity contribution >= 4 is 21.9 Å². The van der Waals surface area contributed by atoms with Gasteiger partial charge in [-0.15, -0.1) is 10.2 Å². The highest BCUT2D eigenvalue weighted by Crippen LogP contribution is 2.37. The van der Waals surface area contributed by atoms with Crippen LogP contribution in [0.4, 0.5) is 0 Å². The summed E-state index contributed by atoms with van der Waals surface area (Å²) in [7, 11) is -4.39. The molecule has 1 aromatic heterocycles. The molecule has 1 aliphatic carbocycles. The molecule has 1 aliphatic heterocycles. The van der Waals surface area contributed by atoms with E-state index in [-0.39, 0.29) is 31.2 Å². The van der Waals surface area contributed by atoms with Gasteiger partial charge in [0, 0.05) is 17.5 Å². The fourth-order valence-electron chi connectivity index (χ4n) is 4.27. The molecule has 0 spiro atoms. The van der Waals surface area contributed by atoms with Crippen LogP contribution >= 0.6 is 11.6 Å². The van der Waals surface area contributed by atoms with Gasteiger partial charge in [0.15, 0.2) is 5.82 Å². The molecule has 2 heterocycles. The van der Waals surface area contributed by atoms with E-state index >= 15 is 0 Å². The van der Waals surface area contributed by atoms with Crippen LogP contribution < -0.4 is 0 Å². The van der Waals surface area contributed by atoms with Crippen LogP contribution in [0.5, 0.6) is 0 Å². The number of benzene rings is 1. The first-order valence-corrected chi connectivity index (χ1v) is 11.6. The quantitative estimate of drug-likeness (QED) is 0.731. The van der Waals surface area contributed by atoms with E-state index in [1.165, 1.54) is 0 Å². The van der Waals surface area contributed by atoms with Crippen molar-refractivity contribution in [1.29, 1.82) is 0 Å². The van der Waals surface area contributed by atoms with Gasteiger partial charge in [0.1, 0.15) is 5.82 Å². The third kappa shape index (κ3) is 4.34. The first kappa shape index (κ1) is 20.7. The second kappa shape index (κ2) is 7.96. The molecular weight excluding hydrogens is 416 g/mol. The number of hydrogen-bond acceptors (Lipinski definition) is 5. The molecule has 0 radical (unpaired) electrons. The minimum absolute atomic E-state index is 0.0203. The molecule has 8 nitrogen and oxygen atoms in total. The molecule has 158 valence electrons. The van der Waals surface area contributed by atoms with Crippen molar-refractivity contribution in [2.45, 2.75) is 70.7 Å². The first-order valence-electron chi connectivity index (χ1n) is 9.83. The summed E-state index contributed by atoms with van der Waals surface area (Å²) in [6.45, 7) is 4.07. The topological polar surface area (TPSA) is 97.6 Å². The Balaban J connectivity index is 1.70. The summed E-state index contributed by atoms with van der Waals surface area (Å²) in [5, 5.41) is 9.20. The van der Waals surface area contributed by atoms with E-state index in [9.17, 15) is 13.0 Å². The molecule has 4 rings (SSSR count). The Kier molecular flexibility index (Phi) is 5.69. The van der Waals surface area contributed by atoms with E-state index in [0.29, 0.717) is 16.4 Å². The van der Waals surface area contributed by atoms with Gasteiger partial charge in [-0.3, -0.25) is 9.12 Å². The van der Waals surface area contributed by atoms with Crippen LogP contribution in [-0.2, 0) is 28.1 Å². The maximum atomic E-state index is 11.9. The van der Waals surface area contributed by atoms with Crippen LogP contribution in [0.2, 0.25) is 5.02 Å². The summed E-state index contributed by atoms with van der Waals surface area (Å²) >= 11 is 6.15. The molecule has 2 aliphatic rings. The molecule has 0 atom stereocenters. The Bertz CT molecular complexity index is 1000. The number of halogens is 1. The lowest BCUT2D eigenvalue weighted by atomic mass is 9.86. The SMILES string of the molecule is CC(C)OC1CCC(c2nnc3n2-c2ccc(Cl)cc2CN(S(=O)(=O)O)C3)CC1. The smallest absolute Gasteiger partial charge is 0.336 e. The minimum Gasteiger partial charge on any atom is -0.376 e. The summed E-state index contributed by atoms with van der Waals surface area (Å²) in [6.07, 6.45) is 4.24. The van der Waals surface area contributed by atoms with E-state index in [1.54, 1.807) is 12.1 Å². The minimum atomic E-state index is -4.39. The second-order valence-electron chi connectivity index (χ2n) is 7.99. The molecule has 0 saturated heterocycles. The Hall–Kier alpha value is -1.52. The summed E-state index contributed by atoms with van der Waals surface area (Å²) in [6, 6.07) is 5.35. The summed E-state index contributed by atoms with van der Waals surface area (Å²) < 4.78 is 42.2. The van der Waals surface area contributed by atoms with Crippen molar-refractivity contribution in [3.8, 4) is 5.69 Å². The maximum Gasteiger partial charge on any atom is 0.336 e. The van der Waals surface area contributed by atoms with Crippen molar-refractivity contribution in [2.75, 3.05) is 0 Å². The lowest BCUT2D eigenvalue weighted by Crippen LogP contribution is -2.29. The van der Waals surface area contributed by atoms with Crippen LogP contribution in [0, 0.1) is 0 Å². The number of rotatable bonds is 4. The normalized spacial score (nSPS) is 22.9. The average molecular weight is 441 g/mol. The van der Waals surface area contributed by atoms with Gasteiger partial charge in [-0.05, 0) is 63.3 Å². The Morgan fingerprint density at radius 2 is 1.90 bits per heavy atom. The summed E-state index contributed by atoms with van der Waals surface area (Å²) in [5.41, 5.74) is 1.50. The fraction of sp³-hybridized carbons (Fsp3) is 0.579. The molecular formula is C19H25ClN4O4S. The van der Waals surface area contributed by atoms with Gasteiger partial charge in [-0.2, -0.15) is 12.7 Å². The Labute approximate surface area is 175 Å². The zero-order chi connectivity index (χ0) is 20.8. The first-order chi connectivity index (χ1) is 13.7. The lowest BCUT2D eigenvalue weighted by Gasteiger charge is -2.29.